The van der Waals surface area contributed by atoms with Crippen molar-refractivity contribution in [3.63, 3.8) is 0 Å². The minimum atomic E-state index is 0.267. The number of nitrogens with zero attached hydrogens (tertiary/aromatic N) is 5. The fourth-order valence-corrected chi connectivity index (χ4v) is 3.22. The lowest BCUT2D eigenvalue weighted by Crippen LogP contribution is -2.25. The van der Waals surface area contributed by atoms with Crippen molar-refractivity contribution in [2.24, 2.45) is 5.92 Å². The van der Waals surface area contributed by atoms with Crippen molar-refractivity contribution in [3.05, 3.63) is 43.0 Å². The molecule has 0 amide bonds. The standard InChI is InChI=1S/C19H23N5O/c1-14(2)11-25-16-8-9-23(10-16)18-17-19(21-12-20-18)24(13-22-17)15-6-4-3-5-7-15/h3-7,12-14,16H,8-11H2,1-2H3. The highest BCUT2D eigenvalue weighted by Crippen LogP contribution is 2.27. The fraction of sp³-hybridized carbons (Fsp3) is 0.421. The summed E-state index contributed by atoms with van der Waals surface area (Å²) in [6.07, 6.45) is 4.74. The Bertz CT molecular complexity index is 845. The van der Waals surface area contributed by atoms with Gasteiger partial charge in [0, 0.05) is 25.4 Å². The maximum absolute atomic E-state index is 5.99. The van der Waals surface area contributed by atoms with E-state index in [-0.39, 0.29) is 6.10 Å². The molecule has 1 aromatic carbocycles. The third-order valence-corrected chi connectivity index (χ3v) is 4.46. The number of para-hydroxylation sites is 1. The van der Waals surface area contributed by atoms with Crippen LogP contribution in [0.3, 0.4) is 0 Å². The number of hydrogen-bond acceptors (Lipinski definition) is 5. The summed E-state index contributed by atoms with van der Waals surface area (Å²) in [5, 5.41) is 0. The summed E-state index contributed by atoms with van der Waals surface area (Å²) in [7, 11) is 0. The molecule has 1 aliphatic rings. The van der Waals surface area contributed by atoms with Crippen molar-refractivity contribution in [2.75, 3.05) is 24.6 Å². The van der Waals surface area contributed by atoms with Gasteiger partial charge in [-0.2, -0.15) is 0 Å². The first-order valence-corrected chi connectivity index (χ1v) is 8.82. The molecular formula is C19H23N5O. The van der Waals surface area contributed by atoms with Gasteiger partial charge in [-0.1, -0.05) is 32.0 Å². The molecule has 3 heterocycles. The van der Waals surface area contributed by atoms with Gasteiger partial charge in [0.1, 0.15) is 12.7 Å². The highest BCUT2D eigenvalue weighted by atomic mass is 16.5. The molecule has 0 bridgehead atoms. The summed E-state index contributed by atoms with van der Waals surface area (Å²) in [5.41, 5.74) is 2.73. The van der Waals surface area contributed by atoms with Crippen molar-refractivity contribution >= 4 is 17.0 Å². The molecule has 0 spiro atoms. The van der Waals surface area contributed by atoms with Crippen molar-refractivity contribution < 1.29 is 4.74 Å². The number of aromatic nitrogens is 4. The van der Waals surface area contributed by atoms with Crippen LogP contribution < -0.4 is 4.90 Å². The predicted molar refractivity (Wildman–Crippen MR) is 98.1 cm³/mol. The second-order valence-electron chi connectivity index (χ2n) is 6.90. The summed E-state index contributed by atoms with van der Waals surface area (Å²) in [5.74, 6) is 1.46. The Balaban J connectivity index is 1.60. The van der Waals surface area contributed by atoms with Gasteiger partial charge in [0.2, 0.25) is 0 Å². The predicted octanol–water partition coefficient (Wildman–Crippen LogP) is 3.07. The molecule has 130 valence electrons. The summed E-state index contributed by atoms with van der Waals surface area (Å²) < 4.78 is 8.00. The average Bonchev–Trinajstić information content (AvgIpc) is 3.27. The van der Waals surface area contributed by atoms with Crippen LogP contribution in [0.4, 0.5) is 5.82 Å². The monoisotopic (exact) mass is 337 g/mol. The van der Waals surface area contributed by atoms with Crippen LogP contribution in [0.15, 0.2) is 43.0 Å². The molecule has 1 fully saturated rings. The molecule has 6 nitrogen and oxygen atoms in total. The maximum Gasteiger partial charge on any atom is 0.170 e. The van der Waals surface area contributed by atoms with Crippen LogP contribution in [0.5, 0.6) is 0 Å². The van der Waals surface area contributed by atoms with E-state index in [0.717, 1.165) is 48.8 Å². The molecule has 1 atom stereocenters. The van der Waals surface area contributed by atoms with Crippen LogP contribution in [0.2, 0.25) is 0 Å². The van der Waals surface area contributed by atoms with Gasteiger partial charge < -0.3 is 9.64 Å². The van der Waals surface area contributed by atoms with Gasteiger partial charge in [-0.15, -0.1) is 0 Å². The quantitative estimate of drug-likeness (QED) is 0.716. The summed E-state index contributed by atoms with van der Waals surface area (Å²) in [6.45, 7) is 6.96. The van der Waals surface area contributed by atoms with Gasteiger partial charge in [-0.3, -0.25) is 4.57 Å². The molecular weight excluding hydrogens is 314 g/mol. The minimum absolute atomic E-state index is 0.267. The number of fused-ring (bicyclic) bond motifs is 1. The Labute approximate surface area is 147 Å². The molecule has 0 N–H and O–H groups in total. The molecule has 6 heteroatoms. The number of rotatable bonds is 5. The average molecular weight is 337 g/mol. The highest BCUT2D eigenvalue weighted by Gasteiger charge is 2.26. The van der Waals surface area contributed by atoms with Gasteiger partial charge in [0.05, 0.1) is 6.10 Å². The number of ether oxygens (including phenoxy) is 1. The molecule has 1 saturated heterocycles. The van der Waals surface area contributed by atoms with E-state index in [1.165, 1.54) is 0 Å². The molecule has 1 unspecified atom stereocenters. The van der Waals surface area contributed by atoms with Crippen LogP contribution in [-0.2, 0) is 4.74 Å². The highest BCUT2D eigenvalue weighted by molar-refractivity contribution is 5.84. The van der Waals surface area contributed by atoms with Crippen molar-refractivity contribution in [3.8, 4) is 5.69 Å². The smallest absolute Gasteiger partial charge is 0.170 e. The van der Waals surface area contributed by atoms with E-state index in [9.17, 15) is 0 Å². The van der Waals surface area contributed by atoms with Crippen molar-refractivity contribution in [1.82, 2.24) is 19.5 Å². The first kappa shape index (κ1) is 16.0. The van der Waals surface area contributed by atoms with Crippen LogP contribution >= 0.6 is 0 Å². The molecule has 4 rings (SSSR count). The van der Waals surface area contributed by atoms with Crippen molar-refractivity contribution in [2.45, 2.75) is 26.4 Å². The maximum atomic E-state index is 5.99. The fourth-order valence-electron chi connectivity index (χ4n) is 3.22. The minimum Gasteiger partial charge on any atom is -0.376 e. The molecule has 0 aliphatic carbocycles. The van der Waals surface area contributed by atoms with E-state index in [1.54, 1.807) is 6.33 Å². The third kappa shape index (κ3) is 3.22. The molecule has 25 heavy (non-hydrogen) atoms. The number of benzene rings is 1. The lowest BCUT2D eigenvalue weighted by atomic mass is 10.2. The van der Waals surface area contributed by atoms with Gasteiger partial charge in [0.15, 0.2) is 17.0 Å². The van der Waals surface area contributed by atoms with Crippen LogP contribution in [-0.4, -0.2) is 45.3 Å². The molecule has 1 aliphatic heterocycles. The van der Waals surface area contributed by atoms with E-state index in [1.807, 2.05) is 29.1 Å². The zero-order valence-corrected chi connectivity index (χ0v) is 14.7. The zero-order chi connectivity index (χ0) is 17.2. The van der Waals surface area contributed by atoms with E-state index in [0.29, 0.717) is 5.92 Å². The Hall–Kier alpha value is -2.47. The first-order chi connectivity index (χ1) is 12.2. The van der Waals surface area contributed by atoms with Gasteiger partial charge in [-0.05, 0) is 24.5 Å². The first-order valence-electron chi connectivity index (χ1n) is 8.82. The topological polar surface area (TPSA) is 56.1 Å². The zero-order valence-electron chi connectivity index (χ0n) is 14.7. The Morgan fingerprint density at radius 2 is 2.00 bits per heavy atom. The van der Waals surface area contributed by atoms with E-state index in [2.05, 4.69) is 45.8 Å². The Morgan fingerprint density at radius 1 is 1.16 bits per heavy atom. The second-order valence-corrected chi connectivity index (χ2v) is 6.90. The lowest BCUT2D eigenvalue weighted by molar-refractivity contribution is 0.0497. The van der Waals surface area contributed by atoms with Gasteiger partial charge >= 0.3 is 0 Å². The SMILES string of the molecule is CC(C)COC1CCN(c2ncnc3c2ncn3-c2ccccc2)C1. The summed E-state index contributed by atoms with van der Waals surface area (Å²) in [6, 6.07) is 10.1. The van der Waals surface area contributed by atoms with E-state index >= 15 is 0 Å². The molecule has 0 radical (unpaired) electrons. The molecule has 0 saturated carbocycles. The van der Waals surface area contributed by atoms with Crippen LogP contribution in [0, 0.1) is 5.92 Å². The third-order valence-electron chi connectivity index (χ3n) is 4.46. The Morgan fingerprint density at radius 3 is 2.80 bits per heavy atom. The van der Waals surface area contributed by atoms with Gasteiger partial charge in [-0.25, -0.2) is 15.0 Å². The normalized spacial score (nSPS) is 17.7. The van der Waals surface area contributed by atoms with Crippen molar-refractivity contribution in [1.29, 1.82) is 0 Å². The number of anilines is 1. The molecule has 2 aromatic heterocycles. The van der Waals surface area contributed by atoms with E-state index in [4.69, 9.17) is 4.74 Å². The lowest BCUT2D eigenvalue weighted by Gasteiger charge is -2.18. The van der Waals surface area contributed by atoms with Crippen LogP contribution in [0.25, 0.3) is 16.9 Å². The Kier molecular flexibility index (Phi) is 4.36. The summed E-state index contributed by atoms with van der Waals surface area (Å²) in [4.78, 5) is 15.8. The second kappa shape index (κ2) is 6.80. The number of imidazole rings is 1. The van der Waals surface area contributed by atoms with E-state index < -0.39 is 0 Å². The van der Waals surface area contributed by atoms with Gasteiger partial charge in [0.25, 0.3) is 0 Å². The largest absolute Gasteiger partial charge is 0.376 e. The summed E-state index contributed by atoms with van der Waals surface area (Å²) >= 11 is 0. The molecule has 3 aromatic rings. The number of hydrogen-bond donors (Lipinski definition) is 0. The van der Waals surface area contributed by atoms with Crippen LogP contribution in [0.1, 0.15) is 20.3 Å².